The summed E-state index contributed by atoms with van der Waals surface area (Å²) in [5.74, 6) is -0.248. The molecule has 3 rings (SSSR count). The molecule has 0 spiro atoms. The summed E-state index contributed by atoms with van der Waals surface area (Å²) >= 11 is 1.57. The van der Waals surface area contributed by atoms with Crippen molar-refractivity contribution < 1.29 is 18.7 Å². The Morgan fingerprint density at radius 3 is 2.64 bits per heavy atom. The zero-order chi connectivity index (χ0) is 23.6. The fourth-order valence-corrected chi connectivity index (χ4v) is 3.62. The van der Waals surface area contributed by atoms with Crippen molar-refractivity contribution in [2.75, 3.05) is 13.1 Å². The number of carbonyl (C=O) groups excluding carboxylic acids is 2. The number of thiazole rings is 1. The van der Waals surface area contributed by atoms with Crippen molar-refractivity contribution >= 4 is 29.2 Å². The number of nitrogens with one attached hydrogen (secondary N) is 1. The molecule has 8 heteroatoms. The van der Waals surface area contributed by atoms with Crippen molar-refractivity contribution in [1.82, 2.24) is 15.2 Å². The molecule has 0 unspecified atom stereocenters. The zero-order valence-electron chi connectivity index (χ0n) is 18.6. The molecule has 0 atom stereocenters. The summed E-state index contributed by atoms with van der Waals surface area (Å²) < 4.78 is 18.9. The van der Waals surface area contributed by atoms with Gasteiger partial charge in [-0.15, -0.1) is 11.3 Å². The Morgan fingerprint density at radius 2 is 1.94 bits per heavy atom. The molecular weight excluding hydrogens is 441 g/mol. The van der Waals surface area contributed by atoms with Crippen molar-refractivity contribution in [1.29, 1.82) is 0 Å². The molecule has 6 nitrogen and oxygen atoms in total. The number of para-hydroxylation sites is 1. The van der Waals surface area contributed by atoms with E-state index in [1.165, 1.54) is 23.1 Å². The van der Waals surface area contributed by atoms with Gasteiger partial charge < -0.3 is 15.0 Å². The number of benzene rings is 2. The first-order chi connectivity index (χ1) is 15.9. The highest BCUT2D eigenvalue weighted by molar-refractivity contribution is 7.09. The average Bonchev–Trinajstić information content (AvgIpc) is 3.24. The van der Waals surface area contributed by atoms with E-state index < -0.39 is 0 Å². The Hall–Kier alpha value is -3.52. The van der Waals surface area contributed by atoms with Crippen molar-refractivity contribution in [2.24, 2.45) is 0 Å². The van der Waals surface area contributed by atoms with Crippen LogP contribution in [0.3, 0.4) is 0 Å². The van der Waals surface area contributed by atoms with E-state index in [1.807, 2.05) is 43.5 Å². The molecule has 2 aromatic carbocycles. The molecule has 1 N–H and O–H groups in total. The second-order valence-electron chi connectivity index (χ2n) is 7.27. The normalized spacial score (nSPS) is 10.9. The van der Waals surface area contributed by atoms with E-state index >= 15 is 0 Å². The third kappa shape index (κ3) is 7.54. The molecule has 1 aromatic heterocycles. The first-order valence-corrected chi connectivity index (χ1v) is 11.4. The molecule has 0 radical (unpaired) electrons. The van der Waals surface area contributed by atoms with E-state index in [1.54, 1.807) is 29.5 Å². The lowest BCUT2D eigenvalue weighted by Crippen LogP contribution is -2.39. The Kier molecular flexibility index (Phi) is 8.71. The maximum atomic E-state index is 13.0. The number of likely N-dealkylation sites (N-methyl/N-ethyl adjacent to an activating group) is 1. The number of halogens is 1. The number of ether oxygens (including phenoxy) is 1. The number of hydrogen-bond acceptors (Lipinski definition) is 5. The Labute approximate surface area is 196 Å². The third-order valence-corrected chi connectivity index (χ3v) is 5.62. The molecule has 1 heterocycles. The summed E-state index contributed by atoms with van der Waals surface area (Å²) in [6.45, 7) is 4.68. The zero-order valence-corrected chi connectivity index (χ0v) is 19.4. The van der Waals surface area contributed by atoms with Gasteiger partial charge in [0.15, 0.2) is 0 Å². The van der Waals surface area contributed by atoms with Gasteiger partial charge in [-0.25, -0.2) is 9.37 Å². The minimum absolute atomic E-state index is 0.0673. The Balaban J connectivity index is 1.55. The monoisotopic (exact) mass is 467 g/mol. The minimum Gasteiger partial charge on any atom is -0.487 e. The van der Waals surface area contributed by atoms with Crippen molar-refractivity contribution in [2.45, 2.75) is 27.0 Å². The van der Waals surface area contributed by atoms with Crippen LogP contribution in [0.1, 0.15) is 28.8 Å². The lowest BCUT2D eigenvalue weighted by molar-refractivity contribution is -0.132. The number of carbonyl (C=O) groups is 2. The highest BCUT2D eigenvalue weighted by atomic mass is 32.1. The van der Waals surface area contributed by atoms with Crippen LogP contribution >= 0.6 is 11.3 Å². The summed E-state index contributed by atoms with van der Waals surface area (Å²) in [5.41, 5.74) is 2.40. The first-order valence-electron chi connectivity index (χ1n) is 10.6. The average molecular weight is 468 g/mol. The van der Waals surface area contributed by atoms with Gasteiger partial charge in [-0.1, -0.05) is 30.3 Å². The SMILES string of the molecule is CCN(CC(=O)NCc1ccc(F)cc1)C(=O)C=Cc1ccccc1OCc1csc(C)n1. The lowest BCUT2D eigenvalue weighted by atomic mass is 10.2. The van der Waals surface area contributed by atoms with Crippen LogP contribution in [0, 0.1) is 12.7 Å². The fourth-order valence-electron chi connectivity index (χ4n) is 3.02. The number of aromatic nitrogens is 1. The predicted octanol–water partition coefficient (Wildman–Crippen LogP) is 4.35. The van der Waals surface area contributed by atoms with Crippen LogP contribution in [-0.4, -0.2) is 34.8 Å². The maximum Gasteiger partial charge on any atom is 0.247 e. The summed E-state index contributed by atoms with van der Waals surface area (Å²) in [6.07, 6.45) is 3.12. The predicted molar refractivity (Wildman–Crippen MR) is 127 cm³/mol. The topological polar surface area (TPSA) is 71.5 Å². The summed E-state index contributed by atoms with van der Waals surface area (Å²) in [5, 5.41) is 5.69. The standard InChI is InChI=1S/C25H26FN3O3S/c1-3-29(15-24(30)27-14-19-8-11-21(26)12-9-19)25(31)13-10-20-6-4-5-7-23(20)32-16-22-17-33-18(2)28-22/h4-13,17H,3,14-16H2,1-2H3,(H,27,30). The molecular formula is C25H26FN3O3S. The van der Waals surface area contributed by atoms with Gasteiger partial charge in [-0.2, -0.15) is 0 Å². The third-order valence-electron chi connectivity index (χ3n) is 4.80. The van der Waals surface area contributed by atoms with Gasteiger partial charge in [-0.3, -0.25) is 9.59 Å². The van der Waals surface area contributed by atoms with Gasteiger partial charge in [0.1, 0.15) is 18.2 Å². The number of nitrogens with zero attached hydrogens (tertiary/aromatic N) is 2. The minimum atomic E-state index is -0.329. The molecule has 0 saturated carbocycles. The van der Waals surface area contributed by atoms with Crippen molar-refractivity contribution in [3.63, 3.8) is 0 Å². The first kappa shape index (κ1) is 24.1. The smallest absolute Gasteiger partial charge is 0.247 e. The number of aryl methyl sites for hydroxylation is 1. The molecule has 0 aliphatic heterocycles. The van der Waals surface area contributed by atoms with Crippen LogP contribution in [0.15, 0.2) is 60.0 Å². The molecule has 0 saturated heterocycles. The Bertz CT molecular complexity index is 1110. The van der Waals surface area contributed by atoms with E-state index in [0.717, 1.165) is 21.8 Å². The summed E-state index contributed by atoms with van der Waals surface area (Å²) in [4.78, 5) is 30.8. The number of rotatable bonds is 10. The molecule has 0 aliphatic carbocycles. The highest BCUT2D eigenvalue weighted by Gasteiger charge is 2.13. The van der Waals surface area contributed by atoms with Crippen LogP contribution < -0.4 is 10.1 Å². The molecule has 172 valence electrons. The number of hydrogen-bond donors (Lipinski definition) is 1. The van der Waals surface area contributed by atoms with Gasteiger partial charge >= 0.3 is 0 Å². The van der Waals surface area contributed by atoms with Crippen LogP contribution in [0.2, 0.25) is 0 Å². The van der Waals surface area contributed by atoms with Crippen LogP contribution in [0.25, 0.3) is 6.08 Å². The van der Waals surface area contributed by atoms with Crippen LogP contribution in [0.5, 0.6) is 5.75 Å². The van der Waals surface area contributed by atoms with E-state index in [2.05, 4.69) is 10.3 Å². The summed E-state index contributed by atoms with van der Waals surface area (Å²) in [7, 11) is 0. The Morgan fingerprint density at radius 1 is 1.18 bits per heavy atom. The van der Waals surface area contributed by atoms with Crippen LogP contribution in [-0.2, 0) is 22.7 Å². The molecule has 33 heavy (non-hydrogen) atoms. The molecule has 0 aliphatic rings. The van der Waals surface area contributed by atoms with Gasteiger partial charge in [-0.05, 0) is 43.7 Å². The van der Waals surface area contributed by atoms with Crippen LogP contribution in [0.4, 0.5) is 4.39 Å². The quantitative estimate of drug-likeness (QED) is 0.450. The maximum absolute atomic E-state index is 13.0. The molecule has 2 amide bonds. The van der Waals surface area contributed by atoms with E-state index in [0.29, 0.717) is 18.9 Å². The van der Waals surface area contributed by atoms with E-state index in [4.69, 9.17) is 4.74 Å². The van der Waals surface area contributed by atoms with Crippen molar-refractivity contribution in [3.05, 3.63) is 87.6 Å². The molecule has 3 aromatic rings. The van der Waals surface area contributed by atoms with Gasteiger partial charge in [0.05, 0.1) is 17.2 Å². The van der Waals surface area contributed by atoms with Gasteiger partial charge in [0.25, 0.3) is 0 Å². The number of amides is 2. The summed E-state index contributed by atoms with van der Waals surface area (Å²) in [6, 6.07) is 13.3. The molecule has 0 fully saturated rings. The fraction of sp³-hybridized carbons (Fsp3) is 0.240. The largest absolute Gasteiger partial charge is 0.487 e. The van der Waals surface area contributed by atoms with Gasteiger partial charge in [0, 0.05) is 30.1 Å². The lowest BCUT2D eigenvalue weighted by Gasteiger charge is -2.18. The van der Waals surface area contributed by atoms with E-state index in [9.17, 15) is 14.0 Å². The second kappa shape index (κ2) is 11.9. The molecule has 0 bridgehead atoms. The van der Waals surface area contributed by atoms with E-state index in [-0.39, 0.29) is 30.7 Å². The second-order valence-corrected chi connectivity index (χ2v) is 8.34. The highest BCUT2D eigenvalue weighted by Crippen LogP contribution is 2.21. The van der Waals surface area contributed by atoms with Crippen molar-refractivity contribution in [3.8, 4) is 5.75 Å². The van der Waals surface area contributed by atoms with Gasteiger partial charge in [0.2, 0.25) is 11.8 Å².